The first kappa shape index (κ1) is 21.2. The topological polar surface area (TPSA) is 129 Å². The molecule has 160 valence electrons. The summed E-state index contributed by atoms with van der Waals surface area (Å²) >= 11 is 5.91. The molecule has 0 aliphatic carbocycles. The Morgan fingerprint density at radius 2 is 2.00 bits per heavy atom. The van der Waals surface area contributed by atoms with E-state index in [1.807, 2.05) is 6.07 Å². The Kier molecular flexibility index (Phi) is 5.65. The molecule has 31 heavy (non-hydrogen) atoms. The van der Waals surface area contributed by atoms with Gasteiger partial charge in [0.15, 0.2) is 0 Å². The first-order valence-corrected chi connectivity index (χ1v) is 11.4. The number of carbonyl (C=O) groups is 1. The molecule has 3 aromatic rings. The summed E-state index contributed by atoms with van der Waals surface area (Å²) < 4.78 is 28.2. The Morgan fingerprint density at radius 1 is 1.23 bits per heavy atom. The number of fused-ring (bicyclic) bond motifs is 1. The lowest BCUT2D eigenvalue weighted by Gasteiger charge is -2.18. The summed E-state index contributed by atoms with van der Waals surface area (Å²) in [5.74, 6) is -0.342. The molecule has 0 bridgehead atoms. The average Bonchev–Trinajstić information content (AvgIpc) is 3.06. The fraction of sp³-hybridized carbons (Fsp3) is 0.190. The molecule has 1 fully saturated rings. The second-order valence-electron chi connectivity index (χ2n) is 7.32. The first-order chi connectivity index (χ1) is 14.7. The molecule has 1 aromatic heterocycles. The van der Waals surface area contributed by atoms with Crippen molar-refractivity contribution >= 4 is 44.3 Å². The number of aromatic nitrogens is 1. The Hall–Kier alpha value is -3.01. The van der Waals surface area contributed by atoms with Gasteiger partial charge in [-0.15, -0.1) is 0 Å². The summed E-state index contributed by atoms with van der Waals surface area (Å²) in [7, 11) is -3.92. The number of hydrogen-bond donors (Lipinski definition) is 3. The van der Waals surface area contributed by atoms with E-state index in [4.69, 9.17) is 22.7 Å². The van der Waals surface area contributed by atoms with Crippen molar-refractivity contribution in [1.82, 2.24) is 14.6 Å². The Bertz CT molecular complexity index is 1300. The third-order valence-corrected chi connectivity index (χ3v) is 6.83. The van der Waals surface area contributed by atoms with E-state index in [0.29, 0.717) is 30.6 Å². The summed E-state index contributed by atoms with van der Waals surface area (Å²) in [4.78, 5) is 18.6. The van der Waals surface area contributed by atoms with E-state index in [1.165, 1.54) is 12.1 Å². The minimum atomic E-state index is -3.92. The molecule has 1 saturated heterocycles. The monoisotopic (exact) mass is 457 g/mol. The van der Waals surface area contributed by atoms with Crippen molar-refractivity contribution in [3.8, 4) is 0 Å². The fourth-order valence-electron chi connectivity index (χ4n) is 3.56. The van der Waals surface area contributed by atoms with Crippen LogP contribution in [-0.4, -0.2) is 42.6 Å². The molecule has 1 aliphatic rings. The standard InChI is InChI=1S/C21H20ClN5O3S/c22-19-7-5-14-4-6-16(11-18(14)25-19)31(29,30)26-17-8-9-27(21(17)28)12-13-2-1-3-15(10-13)20(23)24/h1-7,10-11,17,26H,8-9,12H2,(H3,23,24)/t17-/m0/s1. The van der Waals surface area contributed by atoms with Gasteiger partial charge in [0.2, 0.25) is 15.9 Å². The number of pyridine rings is 1. The number of carbonyl (C=O) groups excluding carboxylic acids is 1. The van der Waals surface area contributed by atoms with E-state index in [2.05, 4.69) is 9.71 Å². The quantitative estimate of drug-likeness (QED) is 0.297. The van der Waals surface area contributed by atoms with Crippen molar-refractivity contribution in [3.63, 3.8) is 0 Å². The number of rotatable bonds is 6. The molecule has 1 aliphatic heterocycles. The number of amides is 1. The summed E-state index contributed by atoms with van der Waals surface area (Å²) in [6.07, 6.45) is 0.363. The molecule has 2 aromatic carbocycles. The summed E-state index contributed by atoms with van der Waals surface area (Å²) in [6, 6.07) is 14.2. The first-order valence-electron chi connectivity index (χ1n) is 9.54. The van der Waals surface area contributed by atoms with Gasteiger partial charge in [-0.2, -0.15) is 4.72 Å². The van der Waals surface area contributed by atoms with Crippen molar-refractivity contribution in [2.45, 2.75) is 23.9 Å². The van der Waals surface area contributed by atoms with Crippen LogP contribution in [0.1, 0.15) is 17.5 Å². The van der Waals surface area contributed by atoms with Crippen LogP contribution in [0.15, 0.2) is 59.5 Å². The zero-order valence-electron chi connectivity index (χ0n) is 16.4. The molecule has 8 nitrogen and oxygen atoms in total. The smallest absolute Gasteiger partial charge is 0.241 e. The van der Waals surface area contributed by atoms with Crippen molar-refractivity contribution in [2.24, 2.45) is 5.73 Å². The molecule has 4 rings (SSSR count). The average molecular weight is 458 g/mol. The van der Waals surface area contributed by atoms with Crippen LogP contribution in [0.2, 0.25) is 5.15 Å². The van der Waals surface area contributed by atoms with E-state index in [1.54, 1.807) is 41.3 Å². The lowest BCUT2D eigenvalue weighted by atomic mass is 10.1. The number of halogens is 1. The molecule has 0 unspecified atom stereocenters. The number of hydrogen-bond acceptors (Lipinski definition) is 5. The van der Waals surface area contributed by atoms with Crippen LogP contribution in [-0.2, 0) is 21.4 Å². The maximum Gasteiger partial charge on any atom is 0.241 e. The lowest BCUT2D eigenvalue weighted by molar-refractivity contribution is -0.129. The maximum absolute atomic E-state index is 12.9. The highest BCUT2D eigenvalue weighted by atomic mass is 35.5. The van der Waals surface area contributed by atoms with E-state index < -0.39 is 16.1 Å². The Morgan fingerprint density at radius 3 is 2.77 bits per heavy atom. The Labute approximate surface area is 184 Å². The van der Waals surface area contributed by atoms with Crippen molar-refractivity contribution in [3.05, 3.63) is 70.9 Å². The fourth-order valence-corrected chi connectivity index (χ4v) is 4.95. The third kappa shape index (κ3) is 4.53. The van der Waals surface area contributed by atoms with Gasteiger partial charge >= 0.3 is 0 Å². The molecule has 1 amide bonds. The zero-order chi connectivity index (χ0) is 22.2. The number of nitrogens with two attached hydrogens (primary N) is 1. The van der Waals surface area contributed by atoms with Crippen LogP contribution >= 0.6 is 11.6 Å². The number of nitrogens with zero attached hydrogens (tertiary/aromatic N) is 2. The van der Waals surface area contributed by atoms with Gasteiger partial charge in [0.25, 0.3) is 0 Å². The number of nitrogens with one attached hydrogen (secondary N) is 2. The van der Waals surface area contributed by atoms with E-state index in [-0.39, 0.29) is 21.8 Å². The van der Waals surface area contributed by atoms with Crippen LogP contribution in [0.3, 0.4) is 0 Å². The molecule has 4 N–H and O–H groups in total. The number of benzene rings is 2. The van der Waals surface area contributed by atoms with Gasteiger partial charge in [0, 0.05) is 24.0 Å². The van der Waals surface area contributed by atoms with Crippen LogP contribution in [0.4, 0.5) is 0 Å². The van der Waals surface area contributed by atoms with Gasteiger partial charge in [0.1, 0.15) is 17.0 Å². The predicted molar refractivity (Wildman–Crippen MR) is 118 cm³/mol. The van der Waals surface area contributed by atoms with Gasteiger partial charge in [-0.1, -0.05) is 35.9 Å². The van der Waals surface area contributed by atoms with Crippen LogP contribution in [0, 0.1) is 5.41 Å². The van der Waals surface area contributed by atoms with Crippen molar-refractivity contribution in [2.75, 3.05) is 6.54 Å². The minimum Gasteiger partial charge on any atom is -0.384 e. The van der Waals surface area contributed by atoms with E-state index in [9.17, 15) is 13.2 Å². The number of sulfonamides is 1. The van der Waals surface area contributed by atoms with Crippen LogP contribution in [0.25, 0.3) is 10.9 Å². The zero-order valence-corrected chi connectivity index (χ0v) is 17.9. The van der Waals surface area contributed by atoms with Gasteiger partial charge in [-0.3, -0.25) is 10.2 Å². The molecular weight excluding hydrogens is 438 g/mol. The highest BCUT2D eigenvalue weighted by Gasteiger charge is 2.35. The van der Waals surface area contributed by atoms with Crippen LogP contribution in [0.5, 0.6) is 0 Å². The molecule has 0 radical (unpaired) electrons. The van der Waals surface area contributed by atoms with Gasteiger partial charge in [-0.05, 0) is 42.3 Å². The second-order valence-corrected chi connectivity index (χ2v) is 9.43. The molecule has 1 atom stereocenters. The normalized spacial score (nSPS) is 16.7. The summed E-state index contributed by atoms with van der Waals surface area (Å²) in [5.41, 5.74) is 7.38. The Balaban J connectivity index is 1.49. The number of amidine groups is 1. The second kappa shape index (κ2) is 8.26. The summed E-state index contributed by atoms with van der Waals surface area (Å²) in [5, 5.41) is 8.57. The SMILES string of the molecule is N=C(N)c1cccc(CN2CC[C@H](NS(=O)(=O)c3ccc4ccc(Cl)nc4c3)C2=O)c1. The molecule has 2 heterocycles. The van der Waals surface area contributed by atoms with Crippen molar-refractivity contribution < 1.29 is 13.2 Å². The summed E-state index contributed by atoms with van der Waals surface area (Å²) in [6.45, 7) is 0.738. The highest BCUT2D eigenvalue weighted by molar-refractivity contribution is 7.89. The molecular formula is C21H20ClN5O3S. The van der Waals surface area contributed by atoms with Gasteiger partial charge in [-0.25, -0.2) is 13.4 Å². The highest BCUT2D eigenvalue weighted by Crippen LogP contribution is 2.22. The van der Waals surface area contributed by atoms with E-state index >= 15 is 0 Å². The largest absolute Gasteiger partial charge is 0.384 e. The lowest BCUT2D eigenvalue weighted by Crippen LogP contribution is -2.41. The molecule has 10 heteroatoms. The third-order valence-electron chi connectivity index (χ3n) is 5.15. The molecule has 0 spiro atoms. The van der Waals surface area contributed by atoms with Crippen molar-refractivity contribution in [1.29, 1.82) is 5.41 Å². The maximum atomic E-state index is 12.9. The van der Waals surface area contributed by atoms with Gasteiger partial charge < -0.3 is 10.6 Å². The van der Waals surface area contributed by atoms with Gasteiger partial charge in [0.05, 0.1) is 10.4 Å². The minimum absolute atomic E-state index is 0.0233. The molecule has 0 saturated carbocycles. The number of nitrogen functional groups attached to an aromatic ring is 1. The van der Waals surface area contributed by atoms with E-state index in [0.717, 1.165) is 10.9 Å². The van der Waals surface area contributed by atoms with Crippen LogP contribution < -0.4 is 10.5 Å². The predicted octanol–water partition coefficient (Wildman–Crippen LogP) is 2.25. The number of likely N-dealkylation sites (tertiary alicyclic amines) is 1.